The van der Waals surface area contributed by atoms with E-state index in [9.17, 15) is 5.11 Å². The summed E-state index contributed by atoms with van der Waals surface area (Å²) in [6.45, 7) is 4.64. The molecule has 3 rings (SSSR count). The van der Waals surface area contributed by atoms with Crippen LogP contribution in [0.15, 0.2) is 42.7 Å². The van der Waals surface area contributed by atoms with Gasteiger partial charge in [-0.3, -0.25) is 0 Å². The van der Waals surface area contributed by atoms with Crippen molar-refractivity contribution in [3.63, 3.8) is 0 Å². The van der Waals surface area contributed by atoms with Gasteiger partial charge in [0.1, 0.15) is 5.82 Å². The van der Waals surface area contributed by atoms with E-state index in [1.165, 1.54) is 10.9 Å². The summed E-state index contributed by atoms with van der Waals surface area (Å²) in [5.41, 5.74) is 8.46. The zero-order valence-electron chi connectivity index (χ0n) is 15.2. The number of H-pyrrole nitrogens is 1. The highest BCUT2D eigenvalue weighted by Crippen LogP contribution is 2.24. The molecule has 27 heavy (non-hydrogen) atoms. The lowest BCUT2D eigenvalue weighted by molar-refractivity contribution is 0.160. The van der Waals surface area contributed by atoms with Crippen molar-refractivity contribution in [1.29, 1.82) is 0 Å². The summed E-state index contributed by atoms with van der Waals surface area (Å²) in [6, 6.07) is 9.91. The predicted molar refractivity (Wildman–Crippen MR) is 117 cm³/mol. The van der Waals surface area contributed by atoms with Gasteiger partial charge in [-0.15, -0.1) is 24.8 Å². The number of aliphatic hydroxyl groups is 1. The number of hydrogen-bond donors (Lipinski definition) is 4. The number of fused-ring (bicyclic) bond motifs is 1. The summed E-state index contributed by atoms with van der Waals surface area (Å²) in [7, 11) is 0. The number of aromatic nitrogens is 2. The quantitative estimate of drug-likeness (QED) is 0.469. The number of nitrogens with zero attached hydrogens (tertiary/aromatic N) is 1. The van der Waals surface area contributed by atoms with Gasteiger partial charge in [-0.05, 0) is 38.0 Å². The van der Waals surface area contributed by atoms with Gasteiger partial charge in [0.25, 0.3) is 0 Å². The van der Waals surface area contributed by atoms with E-state index in [1.807, 2.05) is 18.3 Å². The van der Waals surface area contributed by atoms with Crippen LogP contribution in [0.2, 0.25) is 5.02 Å². The van der Waals surface area contributed by atoms with Crippen LogP contribution in [-0.4, -0.2) is 27.2 Å². The second-order valence-electron chi connectivity index (χ2n) is 6.95. The number of nitrogens with two attached hydrogens (primary N) is 1. The molecule has 0 amide bonds. The monoisotopic (exact) mass is 430 g/mol. The zero-order chi connectivity index (χ0) is 18.0. The highest BCUT2D eigenvalue weighted by molar-refractivity contribution is 6.32. The number of anilines is 1. The number of rotatable bonds is 6. The smallest absolute Gasteiger partial charge is 0.142 e. The Morgan fingerprint density at radius 2 is 2.00 bits per heavy atom. The fourth-order valence-corrected chi connectivity index (χ4v) is 3.13. The zero-order valence-corrected chi connectivity index (χ0v) is 17.6. The number of nitrogen functional groups attached to an aromatic ring is 1. The van der Waals surface area contributed by atoms with Crippen molar-refractivity contribution in [2.24, 2.45) is 0 Å². The Bertz CT molecular complexity index is 882. The van der Waals surface area contributed by atoms with E-state index >= 15 is 0 Å². The molecule has 2 heterocycles. The van der Waals surface area contributed by atoms with Crippen molar-refractivity contribution in [3.05, 3.63) is 58.9 Å². The van der Waals surface area contributed by atoms with Crippen LogP contribution in [0.5, 0.6) is 0 Å². The van der Waals surface area contributed by atoms with Gasteiger partial charge in [0.2, 0.25) is 0 Å². The molecule has 0 spiro atoms. The molecule has 0 saturated carbocycles. The lowest BCUT2D eigenvalue weighted by Crippen LogP contribution is -2.43. The molecule has 1 atom stereocenters. The fourth-order valence-electron chi connectivity index (χ4n) is 2.95. The molecule has 5 nitrogen and oxygen atoms in total. The number of hydrogen-bond acceptors (Lipinski definition) is 4. The first-order chi connectivity index (χ1) is 11.9. The SMILES string of the molecule is CC(C)(Cc1c[nH]c2ccccc12)NC[C@H](O)c1cnc(N)c(Cl)c1.Cl.Cl. The third-order valence-corrected chi connectivity index (χ3v) is 4.66. The van der Waals surface area contributed by atoms with E-state index < -0.39 is 6.10 Å². The number of aliphatic hydroxyl groups excluding tert-OH is 1. The molecule has 0 aliphatic heterocycles. The number of aromatic amines is 1. The van der Waals surface area contributed by atoms with Crippen LogP contribution in [0, 0.1) is 0 Å². The van der Waals surface area contributed by atoms with Crippen molar-refractivity contribution in [1.82, 2.24) is 15.3 Å². The number of β-amino-alcohol motifs (C(OH)–C–C–N with tert-alkyl or cyclic N) is 1. The lowest BCUT2D eigenvalue weighted by atomic mass is 9.94. The van der Waals surface area contributed by atoms with Gasteiger partial charge in [-0.25, -0.2) is 4.98 Å². The normalized spacial score (nSPS) is 12.3. The molecule has 8 heteroatoms. The van der Waals surface area contributed by atoms with Crippen LogP contribution in [0.1, 0.15) is 31.1 Å². The molecule has 2 aromatic heterocycles. The van der Waals surface area contributed by atoms with Gasteiger partial charge in [0, 0.05) is 40.9 Å². The predicted octanol–water partition coefficient (Wildman–Crippen LogP) is 4.29. The number of pyridine rings is 1. The average Bonchev–Trinajstić information content (AvgIpc) is 2.98. The van der Waals surface area contributed by atoms with E-state index in [-0.39, 0.29) is 36.2 Å². The van der Waals surface area contributed by atoms with E-state index in [4.69, 9.17) is 17.3 Å². The van der Waals surface area contributed by atoms with Crippen LogP contribution in [0.3, 0.4) is 0 Å². The van der Waals surface area contributed by atoms with E-state index in [0.29, 0.717) is 17.1 Å². The first-order valence-electron chi connectivity index (χ1n) is 8.25. The van der Waals surface area contributed by atoms with E-state index in [2.05, 4.69) is 41.3 Å². The van der Waals surface area contributed by atoms with Crippen LogP contribution >= 0.6 is 36.4 Å². The summed E-state index contributed by atoms with van der Waals surface area (Å²) >= 11 is 5.98. The standard InChI is InChI=1S/C19H23ClN4O.2ClH/c1-19(2,8-13-10-22-16-6-4-3-5-14(13)16)24-11-17(25)12-7-15(20)18(21)23-9-12;;/h3-7,9-10,17,22,24-25H,8,11H2,1-2H3,(H2,21,23);2*1H/t17-;;/m0../s1. The van der Waals surface area contributed by atoms with Crippen LogP contribution in [0.25, 0.3) is 10.9 Å². The summed E-state index contributed by atoms with van der Waals surface area (Å²) in [5, 5.41) is 15.4. The maximum Gasteiger partial charge on any atom is 0.142 e. The molecule has 0 aliphatic carbocycles. The minimum atomic E-state index is -0.701. The van der Waals surface area contributed by atoms with Gasteiger partial charge >= 0.3 is 0 Å². The van der Waals surface area contributed by atoms with Crippen molar-refractivity contribution in [2.45, 2.75) is 31.9 Å². The first-order valence-corrected chi connectivity index (χ1v) is 8.62. The van der Waals surface area contributed by atoms with E-state index in [0.717, 1.165) is 11.9 Å². The Kier molecular flexibility index (Phi) is 8.39. The molecule has 5 N–H and O–H groups in total. The molecular formula is C19H25Cl3N4O. The third-order valence-electron chi connectivity index (χ3n) is 4.36. The molecule has 0 saturated heterocycles. The van der Waals surface area contributed by atoms with Crippen LogP contribution in [-0.2, 0) is 6.42 Å². The van der Waals surface area contributed by atoms with Gasteiger partial charge in [0.05, 0.1) is 11.1 Å². The summed E-state index contributed by atoms with van der Waals surface area (Å²) in [5.74, 6) is 0.269. The molecule has 148 valence electrons. The number of para-hydroxylation sites is 1. The molecule has 0 bridgehead atoms. The third kappa shape index (κ3) is 5.74. The largest absolute Gasteiger partial charge is 0.387 e. The van der Waals surface area contributed by atoms with Gasteiger partial charge in [-0.1, -0.05) is 29.8 Å². The van der Waals surface area contributed by atoms with E-state index in [1.54, 1.807) is 12.3 Å². The Balaban J connectivity index is 0.00000182. The van der Waals surface area contributed by atoms with Gasteiger partial charge < -0.3 is 21.1 Å². The van der Waals surface area contributed by atoms with Crippen LogP contribution in [0.4, 0.5) is 5.82 Å². The Morgan fingerprint density at radius 1 is 1.30 bits per heavy atom. The van der Waals surface area contributed by atoms with Crippen molar-refractivity contribution in [2.75, 3.05) is 12.3 Å². The molecule has 1 aromatic carbocycles. The molecular weight excluding hydrogens is 407 g/mol. The molecule has 0 fully saturated rings. The lowest BCUT2D eigenvalue weighted by Gasteiger charge is -2.28. The van der Waals surface area contributed by atoms with Crippen molar-refractivity contribution in [3.8, 4) is 0 Å². The second-order valence-corrected chi connectivity index (χ2v) is 7.36. The molecule has 3 aromatic rings. The van der Waals surface area contributed by atoms with Gasteiger partial charge in [-0.2, -0.15) is 0 Å². The summed E-state index contributed by atoms with van der Waals surface area (Å²) in [4.78, 5) is 7.29. The molecule has 0 radical (unpaired) electrons. The molecule has 0 aliphatic rings. The minimum absolute atomic E-state index is 0. The Hall–Kier alpha value is -1.50. The van der Waals surface area contributed by atoms with Crippen molar-refractivity contribution >= 4 is 53.1 Å². The highest BCUT2D eigenvalue weighted by Gasteiger charge is 2.21. The average molecular weight is 432 g/mol. The maximum absolute atomic E-state index is 10.4. The minimum Gasteiger partial charge on any atom is -0.387 e. The number of nitrogens with one attached hydrogen (secondary N) is 2. The second kappa shape index (κ2) is 9.62. The Labute approximate surface area is 176 Å². The van der Waals surface area contributed by atoms with Crippen LogP contribution < -0.4 is 11.1 Å². The first kappa shape index (κ1) is 23.5. The highest BCUT2D eigenvalue weighted by atomic mass is 35.5. The van der Waals surface area contributed by atoms with Gasteiger partial charge in [0.15, 0.2) is 0 Å². The maximum atomic E-state index is 10.4. The topological polar surface area (TPSA) is 87.0 Å². The summed E-state index contributed by atoms with van der Waals surface area (Å²) in [6.07, 6.45) is 3.74. The fraction of sp³-hybridized carbons (Fsp3) is 0.316. The number of benzene rings is 1. The van der Waals surface area contributed by atoms with Crippen molar-refractivity contribution < 1.29 is 5.11 Å². The summed E-state index contributed by atoms with van der Waals surface area (Å²) < 4.78 is 0. The number of halogens is 3. The Morgan fingerprint density at radius 3 is 2.70 bits per heavy atom. The molecule has 0 unspecified atom stereocenters.